The lowest BCUT2D eigenvalue weighted by Gasteiger charge is -2.52. The molecule has 1 amide bonds. The van der Waals surface area contributed by atoms with Gasteiger partial charge in [-0.1, -0.05) is 29.2 Å². The molecule has 0 aromatic carbocycles. The van der Waals surface area contributed by atoms with Crippen molar-refractivity contribution in [2.75, 3.05) is 13.1 Å². The first-order valence-corrected chi connectivity index (χ1v) is 6.45. The molecule has 3 heteroatoms. The van der Waals surface area contributed by atoms with Gasteiger partial charge in [0.15, 0.2) is 0 Å². The maximum Gasteiger partial charge on any atom is 0.245 e. The average molecular weight is 305 g/mol. The highest BCUT2D eigenvalue weighted by Gasteiger charge is 2.45. The lowest BCUT2D eigenvalue weighted by Crippen LogP contribution is -2.59. The number of rotatable bonds is 1. The van der Waals surface area contributed by atoms with Crippen LogP contribution in [0.1, 0.15) is 25.7 Å². The number of carbonyl (C=O) groups excluding carboxylic acids is 1. The number of nitrogens with zero attached hydrogens (tertiary/aromatic N) is 1. The van der Waals surface area contributed by atoms with Gasteiger partial charge in [-0.05, 0) is 31.8 Å². The first kappa shape index (κ1) is 10.5. The molecular weight excluding hydrogens is 289 g/mol. The van der Waals surface area contributed by atoms with Crippen LogP contribution in [0.3, 0.4) is 0 Å². The van der Waals surface area contributed by atoms with E-state index in [1.54, 1.807) is 0 Å². The van der Waals surface area contributed by atoms with Crippen LogP contribution in [0, 0.1) is 5.41 Å². The molecule has 78 valence electrons. The maximum absolute atomic E-state index is 11.3. The minimum atomic E-state index is 0.104. The standard InChI is InChI=1S/C11H16INO/c1-2-10(14)13-7-11(8-13)5-3-9(12)4-6-11/h2,9H,1,3-8H2. The highest BCUT2D eigenvalue weighted by atomic mass is 127. The number of halogens is 1. The van der Waals surface area contributed by atoms with Crippen LogP contribution in [0.25, 0.3) is 0 Å². The first-order valence-electron chi connectivity index (χ1n) is 5.21. The molecule has 1 heterocycles. The van der Waals surface area contributed by atoms with Gasteiger partial charge >= 0.3 is 0 Å². The Morgan fingerprint density at radius 3 is 2.50 bits per heavy atom. The van der Waals surface area contributed by atoms with Crippen molar-refractivity contribution < 1.29 is 4.79 Å². The molecule has 0 aromatic heterocycles. The third kappa shape index (κ3) is 1.83. The smallest absolute Gasteiger partial charge is 0.245 e. The number of alkyl halides is 1. The Labute approximate surface area is 98.9 Å². The molecule has 0 N–H and O–H groups in total. The Hall–Kier alpha value is -0.0600. The van der Waals surface area contributed by atoms with E-state index >= 15 is 0 Å². The fourth-order valence-corrected chi connectivity index (χ4v) is 3.18. The zero-order valence-corrected chi connectivity index (χ0v) is 10.5. The van der Waals surface area contributed by atoms with Crippen molar-refractivity contribution in [1.82, 2.24) is 4.90 Å². The molecule has 2 nitrogen and oxygen atoms in total. The summed E-state index contributed by atoms with van der Waals surface area (Å²) in [6.07, 6.45) is 6.70. The van der Waals surface area contributed by atoms with E-state index in [1.807, 2.05) is 4.90 Å². The zero-order chi connectivity index (χ0) is 10.2. The van der Waals surface area contributed by atoms with E-state index in [-0.39, 0.29) is 5.91 Å². The van der Waals surface area contributed by atoms with Gasteiger partial charge in [0, 0.05) is 22.4 Å². The molecule has 1 spiro atoms. The monoisotopic (exact) mass is 305 g/mol. The minimum absolute atomic E-state index is 0.104. The molecule has 2 rings (SSSR count). The third-order valence-electron chi connectivity index (χ3n) is 3.51. The molecule has 0 unspecified atom stereocenters. The van der Waals surface area contributed by atoms with Crippen LogP contribution >= 0.6 is 22.6 Å². The van der Waals surface area contributed by atoms with Crippen molar-refractivity contribution in [3.8, 4) is 0 Å². The van der Waals surface area contributed by atoms with Crippen LogP contribution < -0.4 is 0 Å². The fourth-order valence-electron chi connectivity index (χ4n) is 2.56. The Kier molecular flexibility index (Phi) is 2.86. The summed E-state index contributed by atoms with van der Waals surface area (Å²) in [6.45, 7) is 5.46. The maximum atomic E-state index is 11.3. The molecule has 2 aliphatic rings. The van der Waals surface area contributed by atoms with Gasteiger partial charge in [-0.15, -0.1) is 0 Å². The normalized spacial score (nSPS) is 25.9. The lowest BCUT2D eigenvalue weighted by atomic mass is 9.68. The van der Waals surface area contributed by atoms with Crippen molar-refractivity contribution in [2.24, 2.45) is 5.41 Å². The van der Waals surface area contributed by atoms with E-state index in [2.05, 4.69) is 29.2 Å². The number of hydrogen-bond acceptors (Lipinski definition) is 1. The van der Waals surface area contributed by atoms with E-state index in [1.165, 1.54) is 31.8 Å². The Morgan fingerprint density at radius 1 is 1.43 bits per heavy atom. The summed E-state index contributed by atoms with van der Waals surface area (Å²) in [5.74, 6) is 0.104. The van der Waals surface area contributed by atoms with E-state index in [0.717, 1.165) is 17.0 Å². The second-order valence-electron chi connectivity index (χ2n) is 4.57. The molecular formula is C11H16INO. The van der Waals surface area contributed by atoms with Crippen molar-refractivity contribution in [3.63, 3.8) is 0 Å². The molecule has 1 aliphatic heterocycles. The second kappa shape index (κ2) is 3.83. The molecule has 0 aromatic rings. The average Bonchev–Trinajstić information content (AvgIpc) is 2.15. The molecule has 0 atom stereocenters. The molecule has 1 saturated carbocycles. The first-order chi connectivity index (χ1) is 6.65. The second-order valence-corrected chi connectivity index (χ2v) is 6.33. The van der Waals surface area contributed by atoms with Crippen molar-refractivity contribution in [3.05, 3.63) is 12.7 Å². The summed E-state index contributed by atoms with van der Waals surface area (Å²) in [5.41, 5.74) is 0.486. The van der Waals surface area contributed by atoms with Crippen LogP contribution in [-0.2, 0) is 4.79 Å². The van der Waals surface area contributed by atoms with Gasteiger partial charge in [-0.25, -0.2) is 0 Å². The molecule has 0 bridgehead atoms. The van der Waals surface area contributed by atoms with Crippen molar-refractivity contribution >= 4 is 28.5 Å². The SMILES string of the molecule is C=CC(=O)N1CC2(CCC(I)CC2)C1. The van der Waals surface area contributed by atoms with E-state index in [4.69, 9.17) is 0 Å². The summed E-state index contributed by atoms with van der Waals surface area (Å²) >= 11 is 2.54. The van der Waals surface area contributed by atoms with Gasteiger partial charge in [0.1, 0.15) is 0 Å². The summed E-state index contributed by atoms with van der Waals surface area (Å²) < 4.78 is 0.863. The van der Waals surface area contributed by atoms with E-state index in [0.29, 0.717) is 5.41 Å². The molecule has 1 saturated heterocycles. The van der Waals surface area contributed by atoms with Crippen LogP contribution in [0.2, 0.25) is 0 Å². The summed E-state index contributed by atoms with van der Waals surface area (Å²) in [4.78, 5) is 13.2. The fraction of sp³-hybridized carbons (Fsp3) is 0.727. The molecule has 1 aliphatic carbocycles. The van der Waals surface area contributed by atoms with E-state index < -0.39 is 0 Å². The van der Waals surface area contributed by atoms with Crippen LogP contribution in [0.4, 0.5) is 0 Å². The Bertz CT molecular complexity index is 248. The van der Waals surface area contributed by atoms with Gasteiger partial charge in [-0.3, -0.25) is 4.79 Å². The topological polar surface area (TPSA) is 20.3 Å². The Balaban J connectivity index is 1.86. The lowest BCUT2D eigenvalue weighted by molar-refractivity contribution is -0.139. The van der Waals surface area contributed by atoms with Crippen LogP contribution in [-0.4, -0.2) is 27.8 Å². The summed E-state index contributed by atoms with van der Waals surface area (Å²) in [7, 11) is 0. The molecule has 2 fully saturated rings. The number of carbonyl (C=O) groups is 1. The quantitative estimate of drug-likeness (QED) is 0.414. The zero-order valence-electron chi connectivity index (χ0n) is 8.34. The van der Waals surface area contributed by atoms with Crippen LogP contribution in [0.5, 0.6) is 0 Å². The van der Waals surface area contributed by atoms with Gasteiger partial charge in [-0.2, -0.15) is 0 Å². The highest BCUT2D eigenvalue weighted by Crippen LogP contribution is 2.45. The highest BCUT2D eigenvalue weighted by molar-refractivity contribution is 14.1. The molecule has 0 radical (unpaired) electrons. The summed E-state index contributed by atoms with van der Waals surface area (Å²) in [6, 6.07) is 0. The predicted molar refractivity (Wildman–Crippen MR) is 65.5 cm³/mol. The van der Waals surface area contributed by atoms with Crippen molar-refractivity contribution in [1.29, 1.82) is 0 Å². The van der Waals surface area contributed by atoms with Gasteiger partial charge in [0.2, 0.25) is 5.91 Å². The molecule has 14 heavy (non-hydrogen) atoms. The predicted octanol–water partition coefficient (Wildman–Crippen LogP) is 2.38. The summed E-state index contributed by atoms with van der Waals surface area (Å²) in [5, 5.41) is 0. The Morgan fingerprint density at radius 2 is 2.00 bits per heavy atom. The number of amides is 1. The number of hydrogen-bond donors (Lipinski definition) is 0. The van der Waals surface area contributed by atoms with E-state index in [9.17, 15) is 4.79 Å². The third-order valence-corrected chi connectivity index (χ3v) is 4.76. The van der Waals surface area contributed by atoms with Crippen LogP contribution in [0.15, 0.2) is 12.7 Å². The minimum Gasteiger partial charge on any atom is -0.338 e. The van der Waals surface area contributed by atoms with Gasteiger partial charge in [0.25, 0.3) is 0 Å². The van der Waals surface area contributed by atoms with Crippen molar-refractivity contribution in [2.45, 2.75) is 29.6 Å². The number of likely N-dealkylation sites (tertiary alicyclic amines) is 1. The largest absolute Gasteiger partial charge is 0.338 e. The van der Waals surface area contributed by atoms with Gasteiger partial charge < -0.3 is 4.90 Å². The van der Waals surface area contributed by atoms with Gasteiger partial charge in [0.05, 0.1) is 0 Å².